The van der Waals surface area contributed by atoms with Gasteiger partial charge in [-0.3, -0.25) is 0 Å². The van der Waals surface area contributed by atoms with Crippen LogP contribution in [-0.2, 0) is 0 Å². The second kappa shape index (κ2) is 4.37. The smallest absolute Gasteiger partial charge is 0.248 e. The number of alkyl halides is 2. The Bertz CT molecular complexity index is 105. The van der Waals surface area contributed by atoms with E-state index in [0.29, 0.717) is 0 Å². The van der Waals surface area contributed by atoms with Gasteiger partial charge in [-0.05, 0) is 0 Å². The van der Waals surface area contributed by atoms with E-state index in [1.807, 2.05) is 0 Å². The molecule has 0 aliphatic carbocycles. The molecular formula is C3H7F2N3S. The molecule has 0 amide bonds. The van der Waals surface area contributed by atoms with Crippen LogP contribution >= 0.6 is 11.8 Å². The van der Waals surface area contributed by atoms with Gasteiger partial charge in [0, 0.05) is 0 Å². The van der Waals surface area contributed by atoms with Crippen molar-refractivity contribution in [3.8, 4) is 0 Å². The van der Waals surface area contributed by atoms with Crippen LogP contribution in [0.4, 0.5) is 8.78 Å². The summed E-state index contributed by atoms with van der Waals surface area (Å²) < 4.78 is 22.7. The van der Waals surface area contributed by atoms with E-state index >= 15 is 0 Å². The monoisotopic (exact) mass is 155 g/mol. The Morgan fingerprint density at radius 1 is 1.67 bits per heavy atom. The molecule has 6 heteroatoms. The maximum absolute atomic E-state index is 11.4. The number of hydrogen-bond donors (Lipinski definition) is 2. The van der Waals surface area contributed by atoms with Gasteiger partial charge >= 0.3 is 0 Å². The van der Waals surface area contributed by atoms with Gasteiger partial charge in [0.05, 0.1) is 5.75 Å². The first-order valence-electron chi connectivity index (χ1n) is 2.11. The molecule has 0 fully saturated rings. The van der Waals surface area contributed by atoms with Crippen LogP contribution in [0.2, 0.25) is 0 Å². The van der Waals surface area contributed by atoms with Crippen molar-refractivity contribution in [2.45, 2.75) is 6.43 Å². The fraction of sp³-hybridized carbons (Fsp3) is 0.667. The minimum absolute atomic E-state index is 0.0182. The van der Waals surface area contributed by atoms with Gasteiger partial charge in [0.25, 0.3) is 0 Å². The van der Waals surface area contributed by atoms with Crippen LogP contribution in [-0.4, -0.2) is 17.3 Å². The Labute approximate surface area is 55.5 Å². The number of thioether (sulfide) groups is 1. The Balaban J connectivity index is 3.28. The highest BCUT2D eigenvalue weighted by molar-refractivity contribution is 8.13. The number of nitrogens with zero attached hydrogens (tertiary/aromatic N) is 1. The van der Waals surface area contributed by atoms with Gasteiger partial charge in [0.15, 0.2) is 5.17 Å². The summed E-state index contributed by atoms with van der Waals surface area (Å²) >= 11 is 0.737. The number of rotatable bonds is 2. The summed E-state index contributed by atoms with van der Waals surface area (Å²) in [6, 6.07) is 0. The van der Waals surface area contributed by atoms with E-state index in [4.69, 9.17) is 5.73 Å². The van der Waals surface area contributed by atoms with Gasteiger partial charge in [-0.1, -0.05) is 11.8 Å². The molecule has 0 saturated heterocycles. The maximum atomic E-state index is 11.4. The molecule has 3 nitrogen and oxygen atoms in total. The predicted molar refractivity (Wildman–Crippen MR) is 34.3 cm³/mol. The molecule has 9 heavy (non-hydrogen) atoms. The van der Waals surface area contributed by atoms with Crippen molar-refractivity contribution in [1.29, 1.82) is 0 Å². The van der Waals surface area contributed by atoms with Crippen molar-refractivity contribution in [3.63, 3.8) is 0 Å². The lowest BCUT2D eigenvalue weighted by Crippen LogP contribution is -2.11. The van der Waals surface area contributed by atoms with Crippen LogP contribution in [0.15, 0.2) is 5.10 Å². The molecule has 0 saturated carbocycles. The number of amidine groups is 1. The van der Waals surface area contributed by atoms with Crippen LogP contribution in [0.5, 0.6) is 0 Å². The Kier molecular flexibility index (Phi) is 4.12. The van der Waals surface area contributed by atoms with E-state index in [2.05, 4.69) is 10.9 Å². The lowest BCUT2D eigenvalue weighted by molar-refractivity contribution is 0.177. The van der Waals surface area contributed by atoms with Crippen molar-refractivity contribution in [2.75, 3.05) is 5.75 Å². The Hall–Kier alpha value is -0.520. The number of hydrazone groups is 1. The van der Waals surface area contributed by atoms with Crippen LogP contribution in [0.3, 0.4) is 0 Å². The third kappa shape index (κ3) is 5.35. The molecule has 4 N–H and O–H groups in total. The van der Waals surface area contributed by atoms with Crippen molar-refractivity contribution in [2.24, 2.45) is 16.7 Å². The molecule has 0 radical (unpaired) electrons. The fourth-order valence-corrected chi connectivity index (χ4v) is 0.557. The van der Waals surface area contributed by atoms with Crippen LogP contribution in [0.1, 0.15) is 0 Å². The molecule has 0 rings (SSSR count). The zero-order valence-electron chi connectivity index (χ0n) is 4.55. The van der Waals surface area contributed by atoms with Gasteiger partial charge in [-0.15, -0.1) is 0 Å². The molecule has 0 aromatic carbocycles. The maximum Gasteiger partial charge on any atom is 0.248 e. The van der Waals surface area contributed by atoms with Crippen molar-refractivity contribution in [1.82, 2.24) is 0 Å². The Morgan fingerprint density at radius 3 is 2.56 bits per heavy atom. The highest BCUT2D eigenvalue weighted by atomic mass is 32.2. The van der Waals surface area contributed by atoms with E-state index in [0.717, 1.165) is 11.8 Å². The van der Waals surface area contributed by atoms with Gasteiger partial charge in [0.1, 0.15) is 0 Å². The molecule has 0 heterocycles. The van der Waals surface area contributed by atoms with Crippen LogP contribution < -0.4 is 11.6 Å². The summed E-state index contributed by atoms with van der Waals surface area (Å²) in [5.74, 6) is 4.30. The predicted octanol–water partition coefficient (Wildman–Crippen LogP) is 0.173. The lowest BCUT2D eigenvalue weighted by atomic mass is 10.9. The fourth-order valence-electron chi connectivity index (χ4n) is 0.186. The average molecular weight is 155 g/mol. The van der Waals surface area contributed by atoms with E-state index in [1.165, 1.54) is 0 Å². The molecule has 0 aliphatic rings. The molecule has 0 unspecified atom stereocenters. The normalized spacial score (nSPS) is 12.6. The zero-order chi connectivity index (χ0) is 7.28. The van der Waals surface area contributed by atoms with Crippen molar-refractivity contribution in [3.05, 3.63) is 0 Å². The highest BCUT2D eigenvalue weighted by Crippen LogP contribution is 2.05. The SMILES string of the molecule is NN=C(N)SCC(F)F. The molecule has 0 aliphatic heterocycles. The standard InChI is InChI=1S/C3H7F2N3S/c4-2(5)1-9-3(6)8-7/h2H,1,7H2,(H2,6,8). The van der Waals surface area contributed by atoms with Gasteiger partial charge in [0.2, 0.25) is 6.43 Å². The van der Waals surface area contributed by atoms with Crippen molar-refractivity contribution >= 4 is 16.9 Å². The summed E-state index contributed by atoms with van der Waals surface area (Å²) in [6.45, 7) is 0. The molecule has 0 aromatic heterocycles. The summed E-state index contributed by atoms with van der Waals surface area (Å²) in [7, 11) is 0. The van der Waals surface area contributed by atoms with Gasteiger partial charge in [-0.25, -0.2) is 8.78 Å². The summed E-state index contributed by atoms with van der Waals surface area (Å²) in [4.78, 5) is 0. The largest absolute Gasteiger partial charge is 0.377 e. The number of nitrogens with two attached hydrogens (primary N) is 2. The molecule has 0 spiro atoms. The average Bonchev–Trinajstić information content (AvgIpc) is 1.83. The van der Waals surface area contributed by atoms with E-state index in [1.54, 1.807) is 0 Å². The second-order valence-electron chi connectivity index (χ2n) is 1.17. The zero-order valence-corrected chi connectivity index (χ0v) is 5.37. The molecule has 54 valence electrons. The molecule has 0 aromatic rings. The van der Waals surface area contributed by atoms with Crippen LogP contribution in [0.25, 0.3) is 0 Å². The first kappa shape index (κ1) is 8.48. The molecular weight excluding hydrogens is 148 g/mol. The highest BCUT2D eigenvalue weighted by Gasteiger charge is 2.02. The van der Waals surface area contributed by atoms with E-state index in [-0.39, 0.29) is 10.9 Å². The molecule has 0 atom stereocenters. The third-order valence-electron chi connectivity index (χ3n) is 0.484. The summed E-state index contributed by atoms with van der Waals surface area (Å²) in [6.07, 6.45) is -2.37. The summed E-state index contributed by atoms with van der Waals surface area (Å²) in [5, 5.41) is 2.97. The van der Waals surface area contributed by atoms with E-state index < -0.39 is 6.43 Å². The van der Waals surface area contributed by atoms with Crippen molar-refractivity contribution < 1.29 is 8.78 Å². The second-order valence-corrected chi connectivity index (χ2v) is 2.21. The van der Waals surface area contributed by atoms with E-state index in [9.17, 15) is 8.78 Å². The number of halogens is 2. The lowest BCUT2D eigenvalue weighted by Gasteiger charge is -1.95. The topological polar surface area (TPSA) is 64.4 Å². The minimum Gasteiger partial charge on any atom is -0.377 e. The summed E-state index contributed by atoms with van der Waals surface area (Å²) in [5.41, 5.74) is 4.98. The first-order chi connectivity index (χ1) is 4.16. The Morgan fingerprint density at radius 2 is 2.22 bits per heavy atom. The van der Waals surface area contributed by atoms with Gasteiger partial charge in [-0.2, -0.15) is 5.10 Å². The minimum atomic E-state index is -2.37. The van der Waals surface area contributed by atoms with Gasteiger partial charge < -0.3 is 11.6 Å². The molecule has 0 bridgehead atoms. The first-order valence-corrected chi connectivity index (χ1v) is 3.09. The van der Waals surface area contributed by atoms with Crippen LogP contribution in [0, 0.1) is 0 Å². The third-order valence-corrected chi connectivity index (χ3v) is 1.30. The number of hydrogen-bond acceptors (Lipinski definition) is 3. The quantitative estimate of drug-likeness (QED) is 0.258.